The number of hydrogen-bond acceptors (Lipinski definition) is 11. The van der Waals surface area contributed by atoms with Crippen molar-refractivity contribution in [2.24, 2.45) is 5.92 Å². The molecule has 0 aliphatic carbocycles. The van der Waals surface area contributed by atoms with E-state index in [-0.39, 0.29) is 12.8 Å². The molecule has 54 heavy (non-hydrogen) atoms. The number of hydrogen-bond donors (Lipinski definition) is 5. The van der Waals surface area contributed by atoms with Crippen LogP contribution in [0, 0.1) is 5.92 Å². The highest BCUT2D eigenvalue weighted by atomic mass is 31.2. The highest BCUT2D eigenvalue weighted by molar-refractivity contribution is 7.47. The maximum Gasteiger partial charge on any atom is 0.472 e. The van der Waals surface area contributed by atoms with E-state index in [1.165, 1.54) is 25.7 Å². The molecule has 0 aliphatic heterocycles. The van der Waals surface area contributed by atoms with Crippen molar-refractivity contribution in [3.63, 3.8) is 0 Å². The third kappa shape index (κ3) is 35.1. The molecule has 0 aliphatic rings. The maximum absolute atomic E-state index is 12.5. The Hall–Kier alpha value is -2.67. The topological polar surface area (TPSA) is 189 Å². The number of phosphoric acid groups is 1. The van der Waals surface area contributed by atoms with Crippen molar-refractivity contribution >= 4 is 19.8 Å². The third-order valence-electron chi connectivity index (χ3n) is 7.73. The summed E-state index contributed by atoms with van der Waals surface area (Å²) in [6.45, 7) is 4.18. The van der Waals surface area contributed by atoms with Gasteiger partial charge in [0, 0.05) is 12.8 Å². The van der Waals surface area contributed by atoms with E-state index >= 15 is 0 Å². The number of carbonyl (C=O) groups excluding carboxylic acids is 2. The molecule has 0 radical (unpaired) electrons. The summed E-state index contributed by atoms with van der Waals surface area (Å²) in [5, 5.41) is 38.2. The van der Waals surface area contributed by atoms with Gasteiger partial charge >= 0.3 is 19.8 Å². The van der Waals surface area contributed by atoms with Crippen LogP contribution in [0.2, 0.25) is 0 Å². The summed E-state index contributed by atoms with van der Waals surface area (Å²) < 4.78 is 32.4. The Balaban J connectivity index is 4.59. The Morgan fingerprint density at radius 2 is 1.26 bits per heavy atom. The van der Waals surface area contributed by atoms with E-state index in [0.717, 1.165) is 31.6 Å². The first kappa shape index (κ1) is 51.3. The lowest BCUT2D eigenvalue weighted by atomic mass is 10.0. The summed E-state index contributed by atoms with van der Waals surface area (Å²) in [6, 6.07) is 0. The number of esters is 2. The van der Waals surface area contributed by atoms with Crippen molar-refractivity contribution in [3.05, 3.63) is 72.9 Å². The number of aliphatic hydroxyl groups excluding tert-OH is 4. The molecule has 0 heterocycles. The smallest absolute Gasteiger partial charge is 0.462 e. The SMILES string of the molecule is CC/C=C\C[C@@H](O)/C=C/C=C\C=C\[C@@H](O)C/C=C\C/C=C\CCC(=O)OC[C@H](COP(=O)(O)OC[C@@H](O)CO)OC(=O)CCCCCCCCCC(C)C. The Morgan fingerprint density at radius 1 is 0.685 bits per heavy atom. The van der Waals surface area contributed by atoms with Crippen LogP contribution in [0.4, 0.5) is 0 Å². The number of allylic oxidation sites excluding steroid dienone is 8. The van der Waals surface area contributed by atoms with Crippen LogP contribution in [-0.4, -0.2) is 88.1 Å². The monoisotopic (exact) mass is 784 g/mol. The molecule has 5 N–H and O–H groups in total. The van der Waals surface area contributed by atoms with E-state index < -0.39 is 70.6 Å². The van der Waals surface area contributed by atoms with Crippen LogP contribution in [0.15, 0.2) is 72.9 Å². The predicted octanol–water partition coefficient (Wildman–Crippen LogP) is 7.51. The lowest BCUT2D eigenvalue weighted by Gasteiger charge is -2.20. The molecular weight excluding hydrogens is 715 g/mol. The van der Waals surface area contributed by atoms with Gasteiger partial charge in [0.25, 0.3) is 0 Å². The molecule has 0 bridgehead atoms. The Morgan fingerprint density at radius 3 is 1.87 bits per heavy atom. The number of aliphatic hydroxyl groups is 4. The van der Waals surface area contributed by atoms with E-state index in [9.17, 15) is 34.4 Å². The number of rotatable bonds is 34. The Labute approximate surface area is 323 Å². The van der Waals surface area contributed by atoms with Gasteiger partial charge in [-0.05, 0) is 44.4 Å². The number of unbranched alkanes of at least 4 members (excludes halogenated alkanes) is 6. The Kier molecular flexibility index (Phi) is 33.1. The molecule has 5 atom stereocenters. The highest BCUT2D eigenvalue weighted by Crippen LogP contribution is 2.43. The largest absolute Gasteiger partial charge is 0.472 e. The van der Waals surface area contributed by atoms with Crippen LogP contribution in [0.3, 0.4) is 0 Å². The van der Waals surface area contributed by atoms with Crippen molar-refractivity contribution in [1.82, 2.24) is 0 Å². The summed E-state index contributed by atoms with van der Waals surface area (Å²) >= 11 is 0. The van der Waals surface area contributed by atoms with Gasteiger partial charge in [0.2, 0.25) is 0 Å². The molecule has 0 rings (SSSR count). The van der Waals surface area contributed by atoms with Crippen molar-refractivity contribution in [3.8, 4) is 0 Å². The molecule has 1 unspecified atom stereocenters. The average Bonchev–Trinajstić information content (AvgIpc) is 3.13. The standard InChI is InChI=1S/C41H69O12P/c1-4-5-17-25-36(43)27-20-15-16-21-28-37(44)26-19-12-9-10-13-22-29-40(46)50-33-39(34-52-54(48,49)51-32-38(45)31-42)53-41(47)30-23-14-8-6-7-11-18-24-35(2)3/h5,10,12-13,15-17,19-21,27-28,35-39,42-45H,4,6-9,11,14,18,22-26,29-34H2,1-3H3,(H,48,49)/b13-10-,16-15-,17-5-,19-12-,27-20+,28-21+/t36-,37+,38+,39-/m1/s1. The van der Waals surface area contributed by atoms with E-state index in [4.69, 9.17) is 19.1 Å². The zero-order valence-corrected chi connectivity index (χ0v) is 33.7. The predicted molar refractivity (Wildman–Crippen MR) is 212 cm³/mol. The minimum absolute atomic E-state index is 0.0565. The maximum atomic E-state index is 12.5. The second-order valence-corrected chi connectivity index (χ2v) is 14.9. The van der Waals surface area contributed by atoms with Crippen LogP contribution < -0.4 is 0 Å². The molecule has 0 saturated carbocycles. The van der Waals surface area contributed by atoms with Gasteiger partial charge in [-0.3, -0.25) is 18.6 Å². The lowest BCUT2D eigenvalue weighted by Crippen LogP contribution is -2.29. The molecule has 0 fully saturated rings. The summed E-state index contributed by atoms with van der Waals surface area (Å²) in [5.74, 6) is -0.385. The van der Waals surface area contributed by atoms with Gasteiger partial charge in [-0.1, -0.05) is 139 Å². The van der Waals surface area contributed by atoms with Gasteiger partial charge in [-0.25, -0.2) is 4.57 Å². The van der Waals surface area contributed by atoms with Gasteiger partial charge in [0.05, 0.1) is 32.0 Å². The average molecular weight is 785 g/mol. The van der Waals surface area contributed by atoms with Gasteiger partial charge < -0.3 is 34.8 Å². The van der Waals surface area contributed by atoms with Crippen molar-refractivity contribution in [2.45, 2.75) is 141 Å². The molecule has 0 aromatic carbocycles. The summed E-state index contributed by atoms with van der Waals surface area (Å²) in [6.07, 6.45) is 29.8. The van der Waals surface area contributed by atoms with E-state index in [1.807, 2.05) is 43.4 Å². The van der Waals surface area contributed by atoms with Crippen molar-refractivity contribution in [2.75, 3.05) is 26.4 Å². The first-order valence-electron chi connectivity index (χ1n) is 19.5. The van der Waals surface area contributed by atoms with Gasteiger partial charge in [0.15, 0.2) is 6.10 Å². The second-order valence-electron chi connectivity index (χ2n) is 13.5. The van der Waals surface area contributed by atoms with Crippen molar-refractivity contribution in [1.29, 1.82) is 0 Å². The normalized spacial score (nSPS) is 16.0. The molecule has 13 heteroatoms. The van der Waals surface area contributed by atoms with E-state index in [2.05, 4.69) is 18.4 Å². The molecule has 310 valence electrons. The minimum atomic E-state index is -4.66. The van der Waals surface area contributed by atoms with Crippen LogP contribution in [0.5, 0.6) is 0 Å². The van der Waals surface area contributed by atoms with Gasteiger partial charge in [-0.15, -0.1) is 0 Å². The third-order valence-corrected chi connectivity index (χ3v) is 8.68. The zero-order valence-electron chi connectivity index (χ0n) is 32.8. The summed E-state index contributed by atoms with van der Waals surface area (Å²) in [5.41, 5.74) is 0. The number of ether oxygens (including phenoxy) is 2. The molecule has 12 nitrogen and oxygen atoms in total. The van der Waals surface area contributed by atoms with E-state index in [1.54, 1.807) is 36.5 Å². The van der Waals surface area contributed by atoms with Crippen LogP contribution in [0.1, 0.15) is 117 Å². The van der Waals surface area contributed by atoms with E-state index in [0.29, 0.717) is 32.1 Å². The summed E-state index contributed by atoms with van der Waals surface area (Å²) in [7, 11) is -4.66. The fourth-order valence-electron chi connectivity index (χ4n) is 4.67. The minimum Gasteiger partial charge on any atom is -0.462 e. The molecule has 0 aromatic rings. The first-order valence-corrected chi connectivity index (χ1v) is 21.0. The summed E-state index contributed by atoms with van der Waals surface area (Å²) in [4.78, 5) is 34.8. The molecule has 0 aromatic heterocycles. The molecule has 0 saturated heterocycles. The van der Waals surface area contributed by atoms with Crippen LogP contribution >= 0.6 is 7.82 Å². The van der Waals surface area contributed by atoms with Gasteiger partial charge in [0.1, 0.15) is 12.7 Å². The number of carbonyl (C=O) groups is 2. The van der Waals surface area contributed by atoms with Gasteiger partial charge in [-0.2, -0.15) is 0 Å². The number of phosphoric ester groups is 1. The molecule has 0 spiro atoms. The fourth-order valence-corrected chi connectivity index (χ4v) is 5.46. The second kappa shape index (κ2) is 34.8. The Bertz CT molecular complexity index is 1180. The highest BCUT2D eigenvalue weighted by Gasteiger charge is 2.27. The first-order chi connectivity index (χ1) is 25.9. The quantitative estimate of drug-likeness (QED) is 0.0142. The molecular formula is C41H69O12P. The zero-order chi connectivity index (χ0) is 40.3. The lowest BCUT2D eigenvalue weighted by molar-refractivity contribution is -0.161. The van der Waals surface area contributed by atoms with Crippen LogP contribution in [0.25, 0.3) is 0 Å². The van der Waals surface area contributed by atoms with Crippen LogP contribution in [-0.2, 0) is 32.7 Å². The fraction of sp³-hybridized carbons (Fsp3) is 0.659. The van der Waals surface area contributed by atoms with Crippen molar-refractivity contribution < 1.29 is 58.0 Å². The molecule has 0 amide bonds.